The highest BCUT2D eigenvalue weighted by Crippen LogP contribution is 2.32. The number of nitrogens with one attached hydrogen (secondary N) is 1. The van der Waals surface area contributed by atoms with Crippen LogP contribution in [-0.2, 0) is 11.0 Å². The molecule has 7 nitrogen and oxygen atoms in total. The van der Waals surface area contributed by atoms with Crippen LogP contribution in [0, 0.1) is 10.1 Å². The number of non-ortho nitro benzene ring substituents is 1. The summed E-state index contributed by atoms with van der Waals surface area (Å²) in [4.78, 5) is 26.3. The van der Waals surface area contributed by atoms with Gasteiger partial charge in [-0.1, -0.05) is 11.8 Å². The number of carbonyl (C=O) groups is 1. The summed E-state index contributed by atoms with van der Waals surface area (Å²) in [6, 6.07) is 5.79. The molecule has 11 heteroatoms. The molecule has 1 aromatic heterocycles. The molecule has 2 rings (SSSR count). The van der Waals surface area contributed by atoms with E-state index >= 15 is 0 Å². The van der Waals surface area contributed by atoms with Crippen molar-refractivity contribution in [3.63, 3.8) is 0 Å². The second-order valence-corrected chi connectivity index (χ2v) is 6.63. The van der Waals surface area contributed by atoms with Gasteiger partial charge < -0.3 is 10.1 Å². The number of benzene rings is 1. The van der Waals surface area contributed by atoms with Crippen LogP contribution in [0.15, 0.2) is 41.6 Å². The molecule has 1 unspecified atom stereocenters. The number of carbonyl (C=O) groups excluding carboxylic acids is 1. The minimum Gasteiger partial charge on any atom is -0.495 e. The molecule has 27 heavy (non-hydrogen) atoms. The van der Waals surface area contributed by atoms with Crippen molar-refractivity contribution in [2.24, 2.45) is 0 Å². The summed E-state index contributed by atoms with van der Waals surface area (Å²) in [7, 11) is 1.35. The van der Waals surface area contributed by atoms with Gasteiger partial charge in [-0.15, -0.1) is 0 Å². The molecular weight excluding hydrogens is 387 g/mol. The average molecular weight is 401 g/mol. The number of methoxy groups -OCH3 is 1. The fourth-order valence-electron chi connectivity index (χ4n) is 1.99. The second-order valence-electron chi connectivity index (χ2n) is 5.27. The van der Waals surface area contributed by atoms with E-state index in [0.717, 1.165) is 23.9 Å². The third-order valence-corrected chi connectivity index (χ3v) is 4.43. The first-order valence-electron chi connectivity index (χ1n) is 7.45. The van der Waals surface area contributed by atoms with E-state index in [9.17, 15) is 28.1 Å². The fraction of sp³-hybridized carbons (Fsp3) is 0.250. The zero-order valence-corrected chi connectivity index (χ0v) is 14.9. The number of nitro groups is 1. The lowest BCUT2D eigenvalue weighted by Crippen LogP contribution is -2.23. The highest BCUT2D eigenvalue weighted by Gasteiger charge is 2.30. The predicted octanol–water partition coefficient (Wildman–Crippen LogP) is 4.14. The Morgan fingerprint density at radius 3 is 2.56 bits per heavy atom. The van der Waals surface area contributed by atoms with Crippen molar-refractivity contribution in [3.8, 4) is 5.75 Å². The number of alkyl halides is 3. The topological polar surface area (TPSA) is 94.4 Å². The molecule has 1 aromatic carbocycles. The van der Waals surface area contributed by atoms with Crippen LogP contribution in [0.25, 0.3) is 0 Å². The quantitative estimate of drug-likeness (QED) is 0.444. The van der Waals surface area contributed by atoms with Gasteiger partial charge in [-0.25, -0.2) is 4.98 Å². The van der Waals surface area contributed by atoms with Crippen molar-refractivity contribution in [2.45, 2.75) is 23.4 Å². The number of halogens is 3. The average Bonchev–Trinajstić information content (AvgIpc) is 2.61. The smallest absolute Gasteiger partial charge is 0.417 e. The van der Waals surface area contributed by atoms with E-state index in [1.54, 1.807) is 0 Å². The summed E-state index contributed by atoms with van der Waals surface area (Å²) in [5.41, 5.74) is -0.995. The standard InChI is InChI=1S/C16H14F3N3O4S/c1-9(27-14-6-3-10(8-20-14)16(17,18)19)15(23)21-12-7-11(22(24)25)4-5-13(12)26-2/h3-9H,1-2H3,(H,21,23). The van der Waals surface area contributed by atoms with Crippen LogP contribution < -0.4 is 10.1 Å². The monoisotopic (exact) mass is 401 g/mol. The summed E-state index contributed by atoms with van der Waals surface area (Å²) in [6.45, 7) is 1.53. The highest BCUT2D eigenvalue weighted by atomic mass is 32.2. The van der Waals surface area contributed by atoms with Gasteiger partial charge in [0.2, 0.25) is 5.91 Å². The first kappa shape index (κ1) is 20.5. The largest absolute Gasteiger partial charge is 0.495 e. The maximum absolute atomic E-state index is 12.5. The van der Waals surface area contributed by atoms with E-state index in [4.69, 9.17) is 4.74 Å². The second kappa shape index (κ2) is 8.25. The Balaban J connectivity index is 2.09. The maximum Gasteiger partial charge on any atom is 0.417 e. The minimum atomic E-state index is -4.49. The number of nitrogens with zero attached hydrogens (tertiary/aromatic N) is 2. The number of thioether (sulfide) groups is 1. The molecule has 1 N–H and O–H groups in total. The van der Waals surface area contributed by atoms with E-state index in [0.29, 0.717) is 6.20 Å². The van der Waals surface area contributed by atoms with Gasteiger partial charge in [0.25, 0.3) is 5.69 Å². The first-order valence-corrected chi connectivity index (χ1v) is 8.33. The highest BCUT2D eigenvalue weighted by molar-refractivity contribution is 8.00. The molecule has 144 valence electrons. The van der Waals surface area contributed by atoms with Crippen LogP contribution in [-0.4, -0.2) is 28.2 Å². The lowest BCUT2D eigenvalue weighted by atomic mass is 10.2. The Hall–Kier alpha value is -2.82. The number of rotatable bonds is 6. The first-order chi connectivity index (χ1) is 12.6. The molecule has 0 aliphatic rings. The Morgan fingerprint density at radius 1 is 1.33 bits per heavy atom. The Bertz CT molecular complexity index is 844. The molecule has 0 saturated carbocycles. The van der Waals surface area contributed by atoms with Crippen LogP contribution in [0.2, 0.25) is 0 Å². The van der Waals surface area contributed by atoms with Crippen molar-refractivity contribution < 1.29 is 27.6 Å². The molecule has 0 saturated heterocycles. The predicted molar refractivity (Wildman–Crippen MR) is 92.8 cm³/mol. The molecule has 0 aliphatic heterocycles. The minimum absolute atomic E-state index is 0.115. The third-order valence-electron chi connectivity index (χ3n) is 3.38. The number of nitro benzene ring substituents is 1. The van der Waals surface area contributed by atoms with Gasteiger partial charge in [0.15, 0.2) is 0 Å². The van der Waals surface area contributed by atoms with Gasteiger partial charge in [0, 0.05) is 18.3 Å². The van der Waals surface area contributed by atoms with Crippen molar-refractivity contribution >= 4 is 29.0 Å². The number of ether oxygens (including phenoxy) is 1. The summed E-state index contributed by atoms with van der Waals surface area (Å²) >= 11 is 0.949. The van der Waals surface area contributed by atoms with Crippen LogP contribution in [0.3, 0.4) is 0 Å². The molecule has 0 radical (unpaired) electrons. The van der Waals surface area contributed by atoms with Crippen molar-refractivity contribution in [3.05, 3.63) is 52.2 Å². The van der Waals surface area contributed by atoms with Gasteiger partial charge in [-0.3, -0.25) is 14.9 Å². The molecule has 1 amide bonds. The summed E-state index contributed by atoms with van der Waals surface area (Å²) in [5, 5.41) is 12.9. The van der Waals surface area contributed by atoms with Gasteiger partial charge in [-0.05, 0) is 25.1 Å². The Kier molecular flexibility index (Phi) is 6.26. The van der Waals surface area contributed by atoms with E-state index in [1.807, 2.05) is 0 Å². The number of anilines is 1. The van der Waals surface area contributed by atoms with Crippen LogP contribution in [0.4, 0.5) is 24.5 Å². The molecule has 0 spiro atoms. The zero-order valence-electron chi connectivity index (χ0n) is 14.1. The Morgan fingerprint density at radius 2 is 2.04 bits per heavy atom. The van der Waals surface area contributed by atoms with Gasteiger partial charge in [0.05, 0.1) is 33.6 Å². The molecule has 1 atom stereocenters. The number of aromatic nitrogens is 1. The van der Waals surface area contributed by atoms with Crippen LogP contribution in [0.1, 0.15) is 12.5 Å². The van der Waals surface area contributed by atoms with Gasteiger partial charge in [-0.2, -0.15) is 13.2 Å². The number of hydrogen-bond donors (Lipinski definition) is 1. The van der Waals surface area contributed by atoms with E-state index < -0.39 is 27.8 Å². The molecule has 0 fully saturated rings. The number of amides is 1. The maximum atomic E-state index is 12.5. The number of hydrogen-bond acceptors (Lipinski definition) is 6. The lowest BCUT2D eigenvalue weighted by Gasteiger charge is -2.14. The van der Waals surface area contributed by atoms with E-state index in [1.165, 1.54) is 32.2 Å². The third kappa shape index (κ3) is 5.33. The molecule has 0 aliphatic carbocycles. The summed E-state index contributed by atoms with van der Waals surface area (Å²) < 4.78 is 42.7. The SMILES string of the molecule is COc1ccc([N+](=O)[O-])cc1NC(=O)C(C)Sc1ccc(C(F)(F)F)cn1. The van der Waals surface area contributed by atoms with Crippen molar-refractivity contribution in [1.82, 2.24) is 4.98 Å². The van der Waals surface area contributed by atoms with Gasteiger partial charge in [0.1, 0.15) is 5.75 Å². The van der Waals surface area contributed by atoms with Gasteiger partial charge >= 0.3 is 6.18 Å². The lowest BCUT2D eigenvalue weighted by molar-refractivity contribution is -0.384. The van der Waals surface area contributed by atoms with E-state index in [-0.39, 0.29) is 22.2 Å². The van der Waals surface area contributed by atoms with Crippen LogP contribution >= 0.6 is 11.8 Å². The molecule has 1 heterocycles. The summed E-state index contributed by atoms with van der Waals surface area (Å²) in [5.74, 6) is -0.278. The molecule has 0 bridgehead atoms. The number of pyridine rings is 1. The van der Waals surface area contributed by atoms with Crippen molar-refractivity contribution in [2.75, 3.05) is 12.4 Å². The fourth-order valence-corrected chi connectivity index (χ4v) is 2.78. The Labute approximate surface area is 156 Å². The molecular formula is C16H14F3N3O4S. The normalized spacial score (nSPS) is 12.3. The zero-order chi connectivity index (χ0) is 20.2. The van der Waals surface area contributed by atoms with Crippen LogP contribution in [0.5, 0.6) is 5.75 Å². The summed E-state index contributed by atoms with van der Waals surface area (Å²) in [6.07, 6.45) is -3.80. The molecule has 2 aromatic rings. The van der Waals surface area contributed by atoms with E-state index in [2.05, 4.69) is 10.3 Å². The van der Waals surface area contributed by atoms with Crippen molar-refractivity contribution in [1.29, 1.82) is 0 Å².